The third kappa shape index (κ3) is 1.75. The first-order valence-electron chi connectivity index (χ1n) is 8.95. The number of methoxy groups -OCH3 is 1. The minimum absolute atomic E-state index is 0.0362. The molecule has 0 spiro atoms. The molecule has 0 aromatic heterocycles. The second kappa shape index (κ2) is 4.93. The van der Waals surface area contributed by atoms with E-state index in [9.17, 15) is 25.2 Å². The molecular weight excluding hydrogens is 344 g/mol. The van der Waals surface area contributed by atoms with E-state index < -0.39 is 45.1 Å². The van der Waals surface area contributed by atoms with Crippen LogP contribution in [0.4, 0.5) is 0 Å². The molecule has 3 saturated carbocycles. The molecule has 4 rings (SSSR count). The van der Waals surface area contributed by atoms with Crippen LogP contribution in [0.25, 0.3) is 0 Å². The molecule has 0 amide bonds. The highest BCUT2D eigenvalue weighted by molar-refractivity contribution is 8.02. The van der Waals surface area contributed by atoms with Gasteiger partial charge in [0, 0.05) is 11.3 Å². The van der Waals surface area contributed by atoms with E-state index >= 15 is 0 Å². The van der Waals surface area contributed by atoms with Gasteiger partial charge in [0.15, 0.2) is 0 Å². The number of carbonyl (C=O) groups excluding carboxylic acids is 1. The lowest BCUT2D eigenvalue weighted by molar-refractivity contribution is -0.328. The van der Waals surface area contributed by atoms with Crippen LogP contribution in [0, 0.1) is 28.6 Å². The Bertz CT molecular complexity index is 625. The molecule has 1 aliphatic heterocycles. The van der Waals surface area contributed by atoms with Crippen molar-refractivity contribution in [2.45, 2.75) is 61.4 Å². The van der Waals surface area contributed by atoms with Crippen LogP contribution in [0.5, 0.6) is 0 Å². The van der Waals surface area contributed by atoms with Gasteiger partial charge >= 0.3 is 5.97 Å². The van der Waals surface area contributed by atoms with Crippen LogP contribution in [0.3, 0.4) is 0 Å². The van der Waals surface area contributed by atoms with Gasteiger partial charge in [-0.25, -0.2) is 0 Å². The van der Waals surface area contributed by atoms with Crippen molar-refractivity contribution in [3.05, 3.63) is 0 Å². The summed E-state index contributed by atoms with van der Waals surface area (Å²) >= 11 is 1.10. The average Bonchev–Trinajstić information content (AvgIpc) is 3.04. The molecule has 0 aromatic carbocycles. The van der Waals surface area contributed by atoms with Crippen LogP contribution in [0.1, 0.15) is 33.6 Å². The van der Waals surface area contributed by atoms with Crippen molar-refractivity contribution in [2.75, 3.05) is 13.7 Å². The maximum atomic E-state index is 12.3. The number of ether oxygens (including phenoxy) is 1. The highest BCUT2D eigenvalue weighted by Crippen LogP contribution is 2.79. The van der Waals surface area contributed by atoms with Gasteiger partial charge in [-0.2, -0.15) is 0 Å². The third-order valence-electron chi connectivity index (χ3n) is 7.80. The van der Waals surface area contributed by atoms with Crippen LogP contribution >= 0.6 is 11.8 Å². The summed E-state index contributed by atoms with van der Waals surface area (Å²) in [5, 5.41) is 42.9. The summed E-state index contributed by atoms with van der Waals surface area (Å²) < 4.78 is 3.79. The van der Waals surface area contributed by atoms with Crippen LogP contribution in [-0.4, -0.2) is 67.9 Å². The molecule has 0 aromatic rings. The van der Waals surface area contributed by atoms with E-state index in [1.807, 2.05) is 6.92 Å². The molecular formula is C18H28O6S. The van der Waals surface area contributed by atoms with E-state index in [4.69, 9.17) is 4.74 Å². The Morgan fingerprint density at radius 2 is 1.88 bits per heavy atom. The second-order valence-electron chi connectivity index (χ2n) is 9.51. The van der Waals surface area contributed by atoms with Gasteiger partial charge in [0.05, 0.1) is 30.7 Å². The number of carbonyl (C=O) groups is 1. The summed E-state index contributed by atoms with van der Waals surface area (Å²) in [4.78, 5) is 12.3. The number of thioether (sulfide) groups is 1. The first-order valence-corrected chi connectivity index (χ1v) is 9.83. The topological polar surface area (TPSA) is 107 Å². The van der Waals surface area contributed by atoms with Gasteiger partial charge < -0.3 is 25.2 Å². The van der Waals surface area contributed by atoms with Crippen LogP contribution in [-0.2, 0) is 9.53 Å². The molecule has 0 radical (unpaired) electrons. The fourth-order valence-corrected chi connectivity index (χ4v) is 9.07. The Morgan fingerprint density at radius 1 is 1.24 bits per heavy atom. The number of aliphatic hydroxyl groups is 4. The van der Waals surface area contributed by atoms with E-state index in [0.29, 0.717) is 0 Å². The van der Waals surface area contributed by atoms with Crippen molar-refractivity contribution in [3.63, 3.8) is 0 Å². The number of fused-ring (bicyclic) bond motifs is 2. The predicted molar refractivity (Wildman–Crippen MR) is 91.8 cm³/mol. The molecule has 7 heteroatoms. The number of esters is 1. The molecule has 0 bridgehead atoms. The minimum Gasteiger partial charge on any atom is -0.468 e. The summed E-state index contributed by atoms with van der Waals surface area (Å²) in [5.41, 5.74) is -2.27. The standard InChI is InChI=1S/C18H28O6S/c1-15(2)5-8-9(6-15)16(3)13-17(7-19,10(8)20)25-11(12(21)24-4)18(13,23)14(16)22/h8-11,13-14,19-20,22-23H,5-7H2,1-4H3/t8-,9+,10+,11+,13?,14+,16-,17+,18-/m1/s1. The van der Waals surface area contributed by atoms with Crippen molar-refractivity contribution in [2.24, 2.45) is 28.6 Å². The zero-order chi connectivity index (χ0) is 18.6. The lowest BCUT2D eigenvalue weighted by Gasteiger charge is -2.70. The zero-order valence-corrected chi connectivity index (χ0v) is 15.9. The van der Waals surface area contributed by atoms with Crippen molar-refractivity contribution < 1.29 is 30.0 Å². The second-order valence-corrected chi connectivity index (χ2v) is 11.0. The molecule has 4 aliphatic rings. The number of aliphatic hydroxyl groups excluding tert-OH is 3. The van der Waals surface area contributed by atoms with Gasteiger partial charge in [0.25, 0.3) is 0 Å². The highest BCUT2D eigenvalue weighted by atomic mass is 32.2. The fraction of sp³-hybridized carbons (Fsp3) is 0.944. The molecule has 4 fully saturated rings. The number of rotatable bonds is 2. The van der Waals surface area contributed by atoms with Gasteiger partial charge in [0.1, 0.15) is 10.9 Å². The molecule has 1 unspecified atom stereocenters. The molecule has 25 heavy (non-hydrogen) atoms. The molecule has 4 N–H and O–H groups in total. The van der Waals surface area contributed by atoms with Crippen LogP contribution in [0.2, 0.25) is 0 Å². The summed E-state index contributed by atoms with van der Waals surface area (Å²) in [6, 6.07) is 0. The largest absolute Gasteiger partial charge is 0.468 e. The smallest absolute Gasteiger partial charge is 0.321 e. The lowest BCUT2D eigenvalue weighted by atomic mass is 9.37. The molecule has 1 heterocycles. The van der Waals surface area contributed by atoms with E-state index in [1.165, 1.54) is 7.11 Å². The monoisotopic (exact) mass is 372 g/mol. The van der Waals surface area contributed by atoms with Gasteiger partial charge in [0.2, 0.25) is 0 Å². The van der Waals surface area contributed by atoms with Gasteiger partial charge in [-0.05, 0) is 30.1 Å². The van der Waals surface area contributed by atoms with Gasteiger partial charge in [-0.3, -0.25) is 4.79 Å². The maximum absolute atomic E-state index is 12.3. The van der Waals surface area contributed by atoms with Crippen molar-refractivity contribution in [3.8, 4) is 0 Å². The molecule has 142 valence electrons. The Balaban J connectivity index is 1.86. The minimum atomic E-state index is -1.67. The number of hydrogen-bond donors (Lipinski definition) is 4. The maximum Gasteiger partial charge on any atom is 0.321 e. The molecule has 1 saturated heterocycles. The van der Waals surface area contributed by atoms with Crippen molar-refractivity contribution >= 4 is 17.7 Å². The fourth-order valence-electron chi connectivity index (χ4n) is 7.02. The SMILES string of the molecule is COC(=O)[C@@H]1S[C@]2(CO)C3[C@@](C)([C@H]4CC(C)(C)C[C@H]4[C@@H]2O)[C@H](O)[C@]31O. The Labute approximate surface area is 151 Å². The molecule has 6 nitrogen and oxygen atoms in total. The van der Waals surface area contributed by atoms with Gasteiger partial charge in [-0.1, -0.05) is 20.8 Å². The first kappa shape index (κ1) is 18.0. The Hall–Kier alpha value is -0.340. The summed E-state index contributed by atoms with van der Waals surface area (Å²) in [6.45, 7) is 5.92. The van der Waals surface area contributed by atoms with E-state index in [1.54, 1.807) is 0 Å². The molecule has 9 atom stereocenters. The van der Waals surface area contributed by atoms with Crippen LogP contribution < -0.4 is 0 Å². The highest BCUT2D eigenvalue weighted by Gasteiger charge is 2.87. The third-order valence-corrected chi connectivity index (χ3v) is 9.65. The Morgan fingerprint density at radius 3 is 2.44 bits per heavy atom. The summed E-state index contributed by atoms with van der Waals surface area (Å²) in [7, 11) is 1.25. The predicted octanol–water partition coefficient (Wildman–Crippen LogP) is 0.161. The van der Waals surface area contributed by atoms with E-state index in [2.05, 4.69) is 13.8 Å². The van der Waals surface area contributed by atoms with E-state index in [0.717, 1.165) is 24.6 Å². The average molecular weight is 372 g/mol. The number of hydrogen-bond acceptors (Lipinski definition) is 7. The van der Waals surface area contributed by atoms with Gasteiger partial charge in [-0.15, -0.1) is 11.8 Å². The summed E-state index contributed by atoms with van der Waals surface area (Å²) in [6.07, 6.45) is -0.258. The first-order chi connectivity index (χ1) is 11.5. The van der Waals surface area contributed by atoms with Crippen molar-refractivity contribution in [1.82, 2.24) is 0 Å². The normalized spacial score (nSPS) is 58.2. The Kier molecular flexibility index (Phi) is 3.56. The lowest BCUT2D eigenvalue weighted by Crippen LogP contribution is -2.83. The summed E-state index contributed by atoms with van der Waals surface area (Å²) in [5.74, 6) is -1.18. The van der Waals surface area contributed by atoms with Crippen molar-refractivity contribution in [1.29, 1.82) is 0 Å². The van der Waals surface area contributed by atoms with Crippen LogP contribution in [0.15, 0.2) is 0 Å². The zero-order valence-electron chi connectivity index (χ0n) is 15.1. The molecule has 3 aliphatic carbocycles. The quantitative estimate of drug-likeness (QED) is 0.512. The van der Waals surface area contributed by atoms with E-state index in [-0.39, 0.29) is 23.9 Å².